The molecule has 0 saturated heterocycles. The average molecular weight is 304 g/mol. The standard InChI is InChI=1S/C15H11ClFN3O/c16-11-6-4-10(5-7-11)15-20-19-14(21-15)9-18-13-3-1-2-12(17)8-13/h1-8,18H,9H2. The molecule has 0 bridgehead atoms. The highest BCUT2D eigenvalue weighted by atomic mass is 35.5. The van der Waals surface area contributed by atoms with Gasteiger partial charge < -0.3 is 9.73 Å². The van der Waals surface area contributed by atoms with E-state index in [0.29, 0.717) is 29.0 Å². The summed E-state index contributed by atoms with van der Waals surface area (Å²) in [6.07, 6.45) is 0. The van der Waals surface area contributed by atoms with Crippen molar-refractivity contribution in [2.45, 2.75) is 6.54 Å². The molecule has 0 amide bonds. The lowest BCUT2D eigenvalue weighted by atomic mass is 10.2. The van der Waals surface area contributed by atoms with Crippen LogP contribution in [0.5, 0.6) is 0 Å². The van der Waals surface area contributed by atoms with Crippen molar-refractivity contribution in [3.63, 3.8) is 0 Å². The molecule has 0 atom stereocenters. The number of hydrogen-bond acceptors (Lipinski definition) is 4. The fourth-order valence-corrected chi connectivity index (χ4v) is 1.94. The summed E-state index contributed by atoms with van der Waals surface area (Å²) in [4.78, 5) is 0. The number of benzene rings is 2. The number of nitrogens with one attached hydrogen (secondary N) is 1. The van der Waals surface area contributed by atoms with Gasteiger partial charge in [-0.3, -0.25) is 0 Å². The summed E-state index contributed by atoms with van der Waals surface area (Å²) in [6.45, 7) is 0.323. The molecule has 1 N–H and O–H groups in total. The van der Waals surface area contributed by atoms with Crippen LogP contribution in [0.4, 0.5) is 10.1 Å². The summed E-state index contributed by atoms with van der Waals surface area (Å²) < 4.78 is 18.6. The predicted molar refractivity (Wildman–Crippen MR) is 78.5 cm³/mol. The van der Waals surface area contributed by atoms with E-state index in [4.69, 9.17) is 16.0 Å². The zero-order valence-electron chi connectivity index (χ0n) is 10.9. The van der Waals surface area contributed by atoms with Crippen LogP contribution in [-0.4, -0.2) is 10.2 Å². The summed E-state index contributed by atoms with van der Waals surface area (Å²) >= 11 is 5.83. The summed E-state index contributed by atoms with van der Waals surface area (Å²) in [5.41, 5.74) is 1.45. The Morgan fingerprint density at radius 1 is 1.10 bits per heavy atom. The van der Waals surface area contributed by atoms with Gasteiger partial charge in [0.2, 0.25) is 11.8 Å². The molecule has 21 heavy (non-hydrogen) atoms. The minimum absolute atomic E-state index is 0.299. The third kappa shape index (κ3) is 3.38. The van der Waals surface area contributed by atoms with E-state index >= 15 is 0 Å². The zero-order valence-corrected chi connectivity index (χ0v) is 11.6. The maximum absolute atomic E-state index is 13.0. The van der Waals surface area contributed by atoms with Crippen molar-refractivity contribution in [1.82, 2.24) is 10.2 Å². The van der Waals surface area contributed by atoms with Crippen molar-refractivity contribution in [3.05, 3.63) is 65.3 Å². The van der Waals surface area contributed by atoms with Gasteiger partial charge in [0, 0.05) is 16.3 Å². The Balaban J connectivity index is 1.69. The van der Waals surface area contributed by atoms with Crippen LogP contribution in [0.2, 0.25) is 5.02 Å². The Morgan fingerprint density at radius 3 is 2.67 bits per heavy atom. The molecule has 0 saturated carbocycles. The van der Waals surface area contributed by atoms with Gasteiger partial charge in [0.05, 0.1) is 6.54 Å². The van der Waals surface area contributed by atoms with Crippen LogP contribution in [0.1, 0.15) is 5.89 Å². The third-order valence-corrected chi connectivity index (χ3v) is 3.08. The number of aromatic nitrogens is 2. The van der Waals surface area contributed by atoms with E-state index in [9.17, 15) is 4.39 Å². The van der Waals surface area contributed by atoms with E-state index in [-0.39, 0.29) is 5.82 Å². The van der Waals surface area contributed by atoms with Crippen molar-refractivity contribution >= 4 is 17.3 Å². The minimum atomic E-state index is -0.299. The molecule has 106 valence electrons. The van der Waals surface area contributed by atoms with Crippen LogP contribution in [-0.2, 0) is 6.54 Å². The van der Waals surface area contributed by atoms with Crippen molar-refractivity contribution in [1.29, 1.82) is 0 Å². The summed E-state index contributed by atoms with van der Waals surface area (Å²) in [6, 6.07) is 13.3. The van der Waals surface area contributed by atoms with Gasteiger partial charge in [-0.05, 0) is 42.5 Å². The van der Waals surface area contributed by atoms with Crippen molar-refractivity contribution < 1.29 is 8.81 Å². The van der Waals surface area contributed by atoms with E-state index in [0.717, 1.165) is 5.56 Å². The van der Waals surface area contributed by atoms with Gasteiger partial charge in [-0.2, -0.15) is 0 Å². The first-order chi connectivity index (χ1) is 10.2. The first-order valence-corrected chi connectivity index (χ1v) is 6.66. The SMILES string of the molecule is Fc1cccc(NCc2nnc(-c3ccc(Cl)cc3)o2)c1. The molecule has 0 aliphatic rings. The molecule has 0 spiro atoms. The quantitative estimate of drug-likeness (QED) is 0.787. The summed E-state index contributed by atoms with van der Waals surface area (Å²) in [7, 11) is 0. The second kappa shape index (κ2) is 5.93. The van der Waals surface area contributed by atoms with Crippen LogP contribution < -0.4 is 5.32 Å². The van der Waals surface area contributed by atoms with E-state index in [1.807, 2.05) is 0 Å². The highest BCUT2D eigenvalue weighted by molar-refractivity contribution is 6.30. The maximum atomic E-state index is 13.0. The highest BCUT2D eigenvalue weighted by Crippen LogP contribution is 2.20. The van der Waals surface area contributed by atoms with Crippen LogP contribution in [0.3, 0.4) is 0 Å². The second-order valence-corrected chi connectivity index (χ2v) is 4.81. The highest BCUT2D eigenvalue weighted by Gasteiger charge is 2.08. The normalized spacial score (nSPS) is 10.6. The van der Waals surface area contributed by atoms with Gasteiger partial charge in [-0.15, -0.1) is 10.2 Å². The van der Waals surface area contributed by atoms with E-state index in [1.165, 1.54) is 12.1 Å². The largest absolute Gasteiger partial charge is 0.419 e. The monoisotopic (exact) mass is 303 g/mol. The number of nitrogens with zero attached hydrogens (tertiary/aromatic N) is 2. The van der Waals surface area contributed by atoms with Gasteiger partial charge in [0.1, 0.15) is 5.82 Å². The molecule has 4 nitrogen and oxygen atoms in total. The molecule has 0 radical (unpaired) electrons. The number of rotatable bonds is 4. The zero-order chi connectivity index (χ0) is 14.7. The Labute approximate surface area is 125 Å². The average Bonchev–Trinajstić information content (AvgIpc) is 2.95. The minimum Gasteiger partial charge on any atom is -0.419 e. The molecule has 6 heteroatoms. The first kappa shape index (κ1) is 13.6. The molecule has 3 rings (SSSR count). The van der Waals surface area contributed by atoms with Gasteiger partial charge in [0.25, 0.3) is 0 Å². The van der Waals surface area contributed by atoms with Crippen LogP contribution in [0, 0.1) is 5.82 Å². The Kier molecular flexibility index (Phi) is 3.83. The Morgan fingerprint density at radius 2 is 1.90 bits per heavy atom. The summed E-state index contributed by atoms with van der Waals surface area (Å²) in [5.74, 6) is 0.541. The van der Waals surface area contributed by atoms with Gasteiger partial charge in [-0.1, -0.05) is 17.7 Å². The lowest BCUT2D eigenvalue weighted by Gasteiger charge is -2.02. The maximum Gasteiger partial charge on any atom is 0.247 e. The van der Waals surface area contributed by atoms with Crippen molar-refractivity contribution in [3.8, 4) is 11.5 Å². The van der Waals surface area contributed by atoms with Crippen LogP contribution in [0.15, 0.2) is 52.9 Å². The fraction of sp³-hybridized carbons (Fsp3) is 0.0667. The predicted octanol–water partition coefficient (Wildman–Crippen LogP) is 4.14. The molecule has 0 fully saturated rings. The molecule has 0 unspecified atom stereocenters. The number of anilines is 1. The topological polar surface area (TPSA) is 51.0 Å². The molecule has 3 aromatic rings. The lowest BCUT2D eigenvalue weighted by molar-refractivity contribution is 0.515. The number of hydrogen-bond donors (Lipinski definition) is 1. The van der Waals surface area contributed by atoms with Crippen LogP contribution >= 0.6 is 11.6 Å². The Bertz CT molecular complexity index is 743. The van der Waals surface area contributed by atoms with Crippen molar-refractivity contribution in [2.75, 3.05) is 5.32 Å². The molecule has 2 aromatic carbocycles. The molecule has 0 aliphatic heterocycles. The first-order valence-electron chi connectivity index (χ1n) is 6.28. The van der Waals surface area contributed by atoms with Crippen molar-refractivity contribution in [2.24, 2.45) is 0 Å². The van der Waals surface area contributed by atoms with Gasteiger partial charge in [0.15, 0.2) is 0 Å². The summed E-state index contributed by atoms with van der Waals surface area (Å²) in [5, 5.41) is 11.6. The molecule has 0 aliphatic carbocycles. The second-order valence-electron chi connectivity index (χ2n) is 4.37. The van der Waals surface area contributed by atoms with E-state index < -0.39 is 0 Å². The van der Waals surface area contributed by atoms with E-state index in [2.05, 4.69) is 15.5 Å². The van der Waals surface area contributed by atoms with Gasteiger partial charge >= 0.3 is 0 Å². The molecule has 1 aromatic heterocycles. The number of halogens is 2. The Hall–Kier alpha value is -2.40. The smallest absolute Gasteiger partial charge is 0.247 e. The molecular weight excluding hydrogens is 293 g/mol. The fourth-order valence-electron chi connectivity index (χ4n) is 1.81. The van der Waals surface area contributed by atoms with Gasteiger partial charge in [-0.25, -0.2) is 4.39 Å². The molecular formula is C15H11ClFN3O. The van der Waals surface area contributed by atoms with E-state index in [1.54, 1.807) is 36.4 Å². The molecule has 1 heterocycles. The van der Waals surface area contributed by atoms with Crippen LogP contribution in [0.25, 0.3) is 11.5 Å². The lowest BCUT2D eigenvalue weighted by Crippen LogP contribution is -1.99. The third-order valence-electron chi connectivity index (χ3n) is 2.83.